The second kappa shape index (κ2) is 3.59. The number of hydrogen-bond donors (Lipinski definition) is 1. The number of hydrogen-bond acceptors (Lipinski definition) is 3. The average Bonchev–Trinajstić information content (AvgIpc) is 2.26. The summed E-state index contributed by atoms with van der Waals surface area (Å²) in [5, 5.41) is 9.43. The largest absolute Gasteiger partial charge is 0.508 e. The van der Waals surface area contributed by atoms with Crippen molar-refractivity contribution in [2.24, 2.45) is 5.41 Å². The van der Waals surface area contributed by atoms with Crippen LogP contribution in [0.1, 0.15) is 13.8 Å². The van der Waals surface area contributed by atoms with E-state index in [-0.39, 0.29) is 11.2 Å². The van der Waals surface area contributed by atoms with Crippen LogP contribution in [0.15, 0.2) is 16.6 Å². The number of ether oxygens (including phenoxy) is 2. The Balaban J connectivity index is 2.39. The molecule has 1 aliphatic rings. The van der Waals surface area contributed by atoms with Gasteiger partial charge in [-0.1, -0.05) is 13.8 Å². The molecule has 3 nitrogen and oxygen atoms in total. The second-order valence-corrected chi connectivity index (χ2v) is 5.35. The van der Waals surface area contributed by atoms with Crippen molar-refractivity contribution >= 4 is 15.9 Å². The number of aromatic hydroxyl groups is 1. The maximum absolute atomic E-state index is 9.43. The Bertz CT molecular complexity index is 388. The lowest BCUT2D eigenvalue weighted by molar-refractivity contribution is 0.140. The monoisotopic (exact) mass is 272 g/mol. The minimum absolute atomic E-state index is 0.0198. The third kappa shape index (κ3) is 2.20. The van der Waals surface area contributed by atoms with Crippen molar-refractivity contribution in [2.75, 3.05) is 13.2 Å². The molecule has 0 radical (unpaired) electrons. The number of phenolic OH excluding ortho intramolecular Hbond substituents is 1. The minimum atomic E-state index is -0.0198. The SMILES string of the molecule is CC1(C)COc2cc(O)cc(Br)c2OC1. The fraction of sp³-hybridized carbons (Fsp3) is 0.455. The van der Waals surface area contributed by atoms with Crippen LogP contribution >= 0.6 is 15.9 Å². The summed E-state index contributed by atoms with van der Waals surface area (Å²) < 4.78 is 12.0. The van der Waals surface area contributed by atoms with Crippen LogP contribution in [0.4, 0.5) is 0 Å². The molecule has 0 saturated carbocycles. The number of halogens is 1. The summed E-state index contributed by atoms with van der Waals surface area (Å²) in [7, 11) is 0. The molecule has 1 aromatic carbocycles. The molecule has 1 heterocycles. The molecule has 2 rings (SSSR count). The van der Waals surface area contributed by atoms with Gasteiger partial charge >= 0.3 is 0 Å². The minimum Gasteiger partial charge on any atom is -0.508 e. The van der Waals surface area contributed by atoms with Crippen molar-refractivity contribution < 1.29 is 14.6 Å². The molecule has 0 spiro atoms. The van der Waals surface area contributed by atoms with E-state index in [0.717, 1.165) is 4.47 Å². The van der Waals surface area contributed by atoms with Gasteiger partial charge in [0.25, 0.3) is 0 Å². The van der Waals surface area contributed by atoms with Crippen molar-refractivity contribution in [1.82, 2.24) is 0 Å². The molecule has 0 fully saturated rings. The topological polar surface area (TPSA) is 38.7 Å². The standard InChI is InChI=1S/C11H13BrO3/c1-11(2)5-14-9-4-7(13)3-8(12)10(9)15-6-11/h3-4,13H,5-6H2,1-2H3. The van der Waals surface area contributed by atoms with E-state index in [2.05, 4.69) is 29.8 Å². The van der Waals surface area contributed by atoms with E-state index < -0.39 is 0 Å². The zero-order chi connectivity index (χ0) is 11.1. The van der Waals surface area contributed by atoms with Gasteiger partial charge in [0, 0.05) is 11.5 Å². The normalized spacial score (nSPS) is 18.3. The zero-order valence-electron chi connectivity index (χ0n) is 8.71. The lowest BCUT2D eigenvalue weighted by Gasteiger charge is -2.19. The lowest BCUT2D eigenvalue weighted by atomic mass is 9.97. The van der Waals surface area contributed by atoms with Gasteiger partial charge in [-0.2, -0.15) is 0 Å². The fourth-order valence-electron chi connectivity index (χ4n) is 1.38. The van der Waals surface area contributed by atoms with Gasteiger partial charge in [-0.3, -0.25) is 0 Å². The molecule has 0 amide bonds. The third-order valence-corrected chi connectivity index (χ3v) is 2.81. The van der Waals surface area contributed by atoms with Gasteiger partial charge in [-0.05, 0) is 22.0 Å². The quantitative estimate of drug-likeness (QED) is 0.789. The van der Waals surface area contributed by atoms with E-state index in [1.54, 1.807) is 12.1 Å². The second-order valence-electron chi connectivity index (χ2n) is 4.50. The molecule has 0 unspecified atom stereocenters. The molecule has 1 aliphatic heterocycles. The van der Waals surface area contributed by atoms with Gasteiger partial charge < -0.3 is 14.6 Å². The Kier molecular flexibility index (Phi) is 2.54. The van der Waals surface area contributed by atoms with Gasteiger partial charge in [-0.25, -0.2) is 0 Å². The van der Waals surface area contributed by atoms with Crippen LogP contribution in [0.5, 0.6) is 17.2 Å². The first-order valence-corrected chi connectivity index (χ1v) is 5.55. The molecule has 0 bridgehead atoms. The Morgan fingerprint density at radius 2 is 1.93 bits per heavy atom. The molecule has 0 atom stereocenters. The van der Waals surface area contributed by atoms with E-state index in [1.165, 1.54) is 0 Å². The zero-order valence-corrected chi connectivity index (χ0v) is 10.3. The van der Waals surface area contributed by atoms with Crippen LogP contribution in [-0.2, 0) is 0 Å². The highest BCUT2D eigenvalue weighted by Crippen LogP contribution is 2.41. The molecule has 15 heavy (non-hydrogen) atoms. The summed E-state index contributed by atoms with van der Waals surface area (Å²) in [5.74, 6) is 1.43. The van der Waals surface area contributed by atoms with Crippen molar-refractivity contribution in [3.8, 4) is 17.2 Å². The molecule has 0 aliphatic carbocycles. The predicted molar refractivity (Wildman–Crippen MR) is 60.6 cm³/mol. The van der Waals surface area contributed by atoms with Gasteiger partial charge in [0.2, 0.25) is 0 Å². The number of phenols is 1. The molecule has 4 heteroatoms. The Morgan fingerprint density at radius 1 is 1.27 bits per heavy atom. The first kappa shape index (κ1) is 10.6. The molecule has 1 aromatic rings. The summed E-state index contributed by atoms with van der Waals surface area (Å²) >= 11 is 3.34. The van der Waals surface area contributed by atoms with Crippen LogP contribution in [0, 0.1) is 5.41 Å². The lowest BCUT2D eigenvalue weighted by Crippen LogP contribution is -2.26. The van der Waals surface area contributed by atoms with Crippen molar-refractivity contribution in [1.29, 1.82) is 0 Å². The maximum atomic E-state index is 9.43. The highest BCUT2D eigenvalue weighted by atomic mass is 79.9. The van der Waals surface area contributed by atoms with Gasteiger partial charge in [0.05, 0.1) is 17.7 Å². The molecular formula is C11H13BrO3. The first-order chi connectivity index (χ1) is 6.98. The Morgan fingerprint density at radius 3 is 2.67 bits per heavy atom. The molecule has 1 N–H and O–H groups in total. The highest BCUT2D eigenvalue weighted by molar-refractivity contribution is 9.10. The third-order valence-electron chi connectivity index (χ3n) is 2.22. The van der Waals surface area contributed by atoms with Crippen LogP contribution in [0.3, 0.4) is 0 Å². The summed E-state index contributed by atoms with van der Waals surface area (Å²) in [6.45, 7) is 5.33. The Labute approximate surface area is 97.1 Å². The molecule has 0 aromatic heterocycles. The van der Waals surface area contributed by atoms with E-state index in [1.807, 2.05) is 0 Å². The summed E-state index contributed by atoms with van der Waals surface area (Å²) in [4.78, 5) is 0. The highest BCUT2D eigenvalue weighted by Gasteiger charge is 2.26. The number of benzene rings is 1. The number of fused-ring (bicyclic) bond motifs is 1. The van der Waals surface area contributed by atoms with Gasteiger partial charge in [-0.15, -0.1) is 0 Å². The van der Waals surface area contributed by atoms with E-state index in [0.29, 0.717) is 24.7 Å². The van der Waals surface area contributed by atoms with Crippen LogP contribution in [-0.4, -0.2) is 18.3 Å². The van der Waals surface area contributed by atoms with Crippen molar-refractivity contribution in [3.63, 3.8) is 0 Å². The molecule has 82 valence electrons. The Hall–Kier alpha value is -0.900. The summed E-state index contributed by atoms with van der Waals surface area (Å²) in [5.41, 5.74) is -0.0198. The fourth-order valence-corrected chi connectivity index (χ4v) is 1.93. The predicted octanol–water partition coefficient (Wildman–Crippen LogP) is 2.95. The van der Waals surface area contributed by atoms with Crippen LogP contribution < -0.4 is 9.47 Å². The van der Waals surface area contributed by atoms with Crippen molar-refractivity contribution in [3.05, 3.63) is 16.6 Å². The summed E-state index contributed by atoms with van der Waals surface area (Å²) in [6, 6.07) is 3.17. The van der Waals surface area contributed by atoms with Gasteiger partial charge in [0.1, 0.15) is 5.75 Å². The maximum Gasteiger partial charge on any atom is 0.175 e. The molecular weight excluding hydrogens is 260 g/mol. The van der Waals surface area contributed by atoms with E-state index >= 15 is 0 Å². The molecule has 0 saturated heterocycles. The van der Waals surface area contributed by atoms with Crippen LogP contribution in [0.25, 0.3) is 0 Å². The first-order valence-electron chi connectivity index (χ1n) is 4.76. The summed E-state index contributed by atoms with van der Waals surface area (Å²) in [6.07, 6.45) is 0. The van der Waals surface area contributed by atoms with E-state index in [9.17, 15) is 5.11 Å². The van der Waals surface area contributed by atoms with Gasteiger partial charge in [0.15, 0.2) is 11.5 Å². The average molecular weight is 273 g/mol. The van der Waals surface area contributed by atoms with Crippen molar-refractivity contribution in [2.45, 2.75) is 13.8 Å². The van der Waals surface area contributed by atoms with E-state index in [4.69, 9.17) is 9.47 Å². The van der Waals surface area contributed by atoms with Crippen LogP contribution in [0.2, 0.25) is 0 Å². The smallest absolute Gasteiger partial charge is 0.175 e. The number of rotatable bonds is 0.